The van der Waals surface area contributed by atoms with Gasteiger partial charge in [0.2, 0.25) is 5.91 Å². The molecule has 0 aromatic heterocycles. The third kappa shape index (κ3) is 4.29. The molecule has 1 atom stereocenters. The SMILES string of the molecule is CNCCC1CCCCN1Cc1ccc(C(N)=O)cc1C. The number of carbonyl (C=O) groups is 1. The van der Waals surface area contributed by atoms with Crippen LogP contribution in [0.5, 0.6) is 0 Å². The summed E-state index contributed by atoms with van der Waals surface area (Å²) < 4.78 is 0. The van der Waals surface area contributed by atoms with E-state index in [1.807, 2.05) is 19.2 Å². The summed E-state index contributed by atoms with van der Waals surface area (Å²) in [6.45, 7) is 5.28. The fourth-order valence-electron chi connectivity index (χ4n) is 3.15. The Morgan fingerprint density at radius 1 is 1.43 bits per heavy atom. The van der Waals surface area contributed by atoms with Crippen LogP contribution in [-0.4, -0.2) is 37.0 Å². The molecule has 1 fully saturated rings. The summed E-state index contributed by atoms with van der Waals surface area (Å²) in [5.41, 5.74) is 8.40. The van der Waals surface area contributed by atoms with Gasteiger partial charge in [-0.1, -0.05) is 12.5 Å². The van der Waals surface area contributed by atoms with Crippen LogP contribution in [0.3, 0.4) is 0 Å². The molecule has 0 aliphatic carbocycles. The number of primary amides is 1. The Labute approximate surface area is 127 Å². The van der Waals surface area contributed by atoms with Gasteiger partial charge in [-0.3, -0.25) is 9.69 Å². The minimum Gasteiger partial charge on any atom is -0.366 e. The number of nitrogens with one attached hydrogen (secondary N) is 1. The highest BCUT2D eigenvalue weighted by atomic mass is 16.1. The van der Waals surface area contributed by atoms with Gasteiger partial charge in [0.15, 0.2) is 0 Å². The summed E-state index contributed by atoms with van der Waals surface area (Å²) in [5, 5.41) is 3.25. The predicted octanol–water partition coefficient (Wildman–Crippen LogP) is 2.06. The molecular weight excluding hydrogens is 262 g/mol. The number of likely N-dealkylation sites (tertiary alicyclic amines) is 1. The number of hydrogen-bond acceptors (Lipinski definition) is 3. The van der Waals surface area contributed by atoms with Crippen molar-refractivity contribution in [3.63, 3.8) is 0 Å². The average Bonchev–Trinajstić information content (AvgIpc) is 2.48. The zero-order valence-corrected chi connectivity index (χ0v) is 13.2. The van der Waals surface area contributed by atoms with E-state index >= 15 is 0 Å². The lowest BCUT2D eigenvalue weighted by atomic mass is 9.97. The number of benzene rings is 1. The number of piperidine rings is 1. The quantitative estimate of drug-likeness (QED) is 0.843. The Balaban J connectivity index is 2.06. The van der Waals surface area contributed by atoms with Gasteiger partial charge in [0.1, 0.15) is 0 Å². The van der Waals surface area contributed by atoms with Crippen LogP contribution in [0.15, 0.2) is 18.2 Å². The normalized spacial score (nSPS) is 19.6. The highest BCUT2D eigenvalue weighted by molar-refractivity contribution is 5.93. The molecular formula is C17H27N3O. The van der Waals surface area contributed by atoms with E-state index in [9.17, 15) is 4.79 Å². The Morgan fingerprint density at radius 2 is 2.24 bits per heavy atom. The molecule has 2 rings (SSSR count). The molecule has 1 heterocycles. The molecule has 1 aromatic rings. The van der Waals surface area contributed by atoms with Gasteiger partial charge in [-0.15, -0.1) is 0 Å². The van der Waals surface area contributed by atoms with Crippen molar-refractivity contribution in [3.05, 3.63) is 34.9 Å². The molecule has 116 valence electrons. The Hall–Kier alpha value is -1.39. The summed E-state index contributed by atoms with van der Waals surface area (Å²) >= 11 is 0. The number of aryl methyl sites for hydroxylation is 1. The molecule has 21 heavy (non-hydrogen) atoms. The first-order valence-corrected chi connectivity index (χ1v) is 7.90. The number of carbonyl (C=O) groups excluding carboxylic acids is 1. The number of hydrogen-bond donors (Lipinski definition) is 2. The molecule has 1 aliphatic heterocycles. The molecule has 1 unspecified atom stereocenters. The molecule has 4 heteroatoms. The maximum Gasteiger partial charge on any atom is 0.248 e. The zero-order chi connectivity index (χ0) is 15.2. The second-order valence-corrected chi connectivity index (χ2v) is 6.02. The second-order valence-electron chi connectivity index (χ2n) is 6.02. The van der Waals surface area contributed by atoms with Crippen molar-refractivity contribution in [1.82, 2.24) is 10.2 Å². The molecule has 4 nitrogen and oxygen atoms in total. The van der Waals surface area contributed by atoms with E-state index in [2.05, 4.69) is 23.2 Å². The maximum atomic E-state index is 11.2. The molecule has 0 spiro atoms. The second kappa shape index (κ2) is 7.57. The molecule has 0 bridgehead atoms. The van der Waals surface area contributed by atoms with E-state index in [0.29, 0.717) is 11.6 Å². The van der Waals surface area contributed by atoms with Crippen LogP contribution < -0.4 is 11.1 Å². The molecule has 0 saturated carbocycles. The summed E-state index contributed by atoms with van der Waals surface area (Å²) in [7, 11) is 2.01. The van der Waals surface area contributed by atoms with Crippen LogP contribution >= 0.6 is 0 Å². The van der Waals surface area contributed by atoms with Crippen LogP contribution in [0, 0.1) is 6.92 Å². The average molecular weight is 289 g/mol. The van der Waals surface area contributed by atoms with Gasteiger partial charge >= 0.3 is 0 Å². The largest absolute Gasteiger partial charge is 0.366 e. The molecule has 1 saturated heterocycles. The van der Waals surface area contributed by atoms with Crippen LogP contribution in [0.1, 0.15) is 47.2 Å². The summed E-state index contributed by atoms with van der Waals surface area (Å²) in [6, 6.07) is 6.47. The minimum atomic E-state index is -0.352. The van der Waals surface area contributed by atoms with Gasteiger partial charge < -0.3 is 11.1 Å². The van der Waals surface area contributed by atoms with E-state index in [1.54, 1.807) is 0 Å². The first kappa shape index (κ1) is 16.0. The third-order valence-corrected chi connectivity index (χ3v) is 4.48. The van der Waals surface area contributed by atoms with E-state index < -0.39 is 0 Å². The van der Waals surface area contributed by atoms with Gasteiger partial charge in [0.05, 0.1) is 0 Å². The fraction of sp³-hybridized carbons (Fsp3) is 0.588. The Morgan fingerprint density at radius 3 is 2.90 bits per heavy atom. The predicted molar refractivity (Wildman–Crippen MR) is 86.3 cm³/mol. The van der Waals surface area contributed by atoms with Crippen LogP contribution in [0.25, 0.3) is 0 Å². The Kier molecular flexibility index (Phi) is 5.76. The lowest BCUT2D eigenvalue weighted by molar-refractivity contribution is 0.1000. The van der Waals surface area contributed by atoms with Crippen LogP contribution in [0.4, 0.5) is 0 Å². The number of nitrogens with two attached hydrogens (primary N) is 1. The molecule has 1 aliphatic rings. The number of amides is 1. The van der Waals surface area contributed by atoms with Gasteiger partial charge in [0.25, 0.3) is 0 Å². The third-order valence-electron chi connectivity index (χ3n) is 4.48. The van der Waals surface area contributed by atoms with Crippen LogP contribution in [0.2, 0.25) is 0 Å². The molecule has 0 radical (unpaired) electrons. The minimum absolute atomic E-state index is 0.352. The maximum absolute atomic E-state index is 11.2. The van der Waals surface area contributed by atoms with Gasteiger partial charge in [-0.25, -0.2) is 0 Å². The van der Waals surface area contributed by atoms with Gasteiger partial charge in [-0.2, -0.15) is 0 Å². The van der Waals surface area contributed by atoms with E-state index in [1.165, 1.54) is 37.8 Å². The van der Waals surface area contributed by atoms with Crippen molar-refractivity contribution in [3.8, 4) is 0 Å². The smallest absolute Gasteiger partial charge is 0.248 e. The lowest BCUT2D eigenvalue weighted by Crippen LogP contribution is -2.40. The first-order chi connectivity index (χ1) is 10.1. The van der Waals surface area contributed by atoms with Gasteiger partial charge in [-0.05, 0) is 69.6 Å². The summed E-state index contributed by atoms with van der Waals surface area (Å²) in [4.78, 5) is 13.8. The number of nitrogens with zero attached hydrogens (tertiary/aromatic N) is 1. The zero-order valence-electron chi connectivity index (χ0n) is 13.2. The van der Waals surface area contributed by atoms with Gasteiger partial charge in [0, 0.05) is 18.2 Å². The monoisotopic (exact) mass is 289 g/mol. The molecule has 1 aromatic carbocycles. The van der Waals surface area contributed by atoms with Crippen molar-refractivity contribution in [2.24, 2.45) is 5.73 Å². The first-order valence-electron chi connectivity index (χ1n) is 7.90. The topological polar surface area (TPSA) is 58.4 Å². The highest BCUT2D eigenvalue weighted by Gasteiger charge is 2.22. The molecule has 3 N–H and O–H groups in total. The van der Waals surface area contributed by atoms with Crippen molar-refractivity contribution in [2.75, 3.05) is 20.1 Å². The summed E-state index contributed by atoms with van der Waals surface area (Å²) in [5.74, 6) is -0.352. The van der Waals surface area contributed by atoms with Crippen molar-refractivity contribution >= 4 is 5.91 Å². The van der Waals surface area contributed by atoms with E-state index in [4.69, 9.17) is 5.73 Å². The lowest BCUT2D eigenvalue weighted by Gasteiger charge is -2.36. The van der Waals surface area contributed by atoms with Crippen LogP contribution in [-0.2, 0) is 6.54 Å². The van der Waals surface area contributed by atoms with Crippen molar-refractivity contribution in [2.45, 2.75) is 45.2 Å². The van der Waals surface area contributed by atoms with Crippen molar-refractivity contribution in [1.29, 1.82) is 0 Å². The number of rotatable bonds is 6. The molecule has 1 amide bonds. The Bertz CT molecular complexity index is 487. The standard InChI is InChI=1S/C17H27N3O/c1-13-11-14(17(18)21)6-7-15(13)12-20-10-4-3-5-16(20)8-9-19-2/h6-7,11,16,19H,3-5,8-10,12H2,1-2H3,(H2,18,21). The fourth-order valence-corrected chi connectivity index (χ4v) is 3.15. The van der Waals surface area contributed by atoms with E-state index in [-0.39, 0.29) is 5.91 Å². The summed E-state index contributed by atoms with van der Waals surface area (Å²) in [6.07, 6.45) is 5.12. The van der Waals surface area contributed by atoms with Crippen molar-refractivity contribution < 1.29 is 4.79 Å². The van der Waals surface area contributed by atoms with E-state index in [0.717, 1.165) is 18.7 Å². The highest BCUT2D eigenvalue weighted by Crippen LogP contribution is 2.23.